The highest BCUT2D eigenvalue weighted by Crippen LogP contribution is 2.30. The van der Waals surface area contributed by atoms with Gasteiger partial charge in [0.05, 0.1) is 19.9 Å². The number of nitrogens with zero attached hydrogens (tertiary/aromatic N) is 1. The predicted octanol–water partition coefficient (Wildman–Crippen LogP) is 3.76. The Hall–Kier alpha value is -2.96. The number of esters is 1. The maximum Gasteiger partial charge on any atom is 0.356 e. The molecule has 0 aliphatic rings. The lowest BCUT2D eigenvalue weighted by atomic mass is 9.92. The lowest BCUT2D eigenvalue weighted by molar-refractivity contribution is 0.0590. The van der Waals surface area contributed by atoms with Crippen molar-refractivity contribution in [2.75, 3.05) is 24.9 Å². The molecule has 0 aliphatic carbocycles. The molecule has 1 heterocycles. The normalized spacial score (nSPS) is 11.0. The van der Waals surface area contributed by atoms with E-state index in [1.165, 1.54) is 7.11 Å². The number of ether oxygens (including phenoxy) is 2. The smallest absolute Gasteiger partial charge is 0.356 e. The van der Waals surface area contributed by atoms with Crippen LogP contribution in [0.15, 0.2) is 30.3 Å². The van der Waals surface area contributed by atoms with E-state index in [4.69, 9.17) is 9.47 Å². The minimum Gasteiger partial charge on any atom is -0.497 e. The number of carbonyl (C=O) groups is 2. The number of carbonyl (C=O) groups excluding carboxylic acids is 2. The van der Waals surface area contributed by atoms with E-state index in [1.807, 2.05) is 20.8 Å². The molecule has 26 heavy (non-hydrogen) atoms. The number of aromatic nitrogens is 1. The van der Waals surface area contributed by atoms with E-state index < -0.39 is 12.0 Å². The first kappa shape index (κ1) is 19.4. The van der Waals surface area contributed by atoms with Crippen LogP contribution in [0, 0.1) is 0 Å². The molecule has 0 unspecified atom stereocenters. The molecule has 2 amide bonds. The van der Waals surface area contributed by atoms with Gasteiger partial charge in [0.2, 0.25) is 0 Å². The van der Waals surface area contributed by atoms with Crippen LogP contribution in [0.2, 0.25) is 0 Å². The number of rotatable bonds is 4. The van der Waals surface area contributed by atoms with Gasteiger partial charge in [0, 0.05) is 23.8 Å². The Morgan fingerprint density at radius 3 is 2.15 bits per heavy atom. The van der Waals surface area contributed by atoms with Crippen molar-refractivity contribution >= 4 is 23.4 Å². The molecule has 0 atom stereocenters. The Morgan fingerprint density at radius 1 is 1.04 bits per heavy atom. The van der Waals surface area contributed by atoms with Gasteiger partial charge in [0.1, 0.15) is 5.75 Å². The average molecular weight is 359 g/mol. The van der Waals surface area contributed by atoms with E-state index in [2.05, 4.69) is 10.6 Å². The molecule has 0 saturated carbocycles. The van der Waals surface area contributed by atoms with Gasteiger partial charge < -0.3 is 24.7 Å². The van der Waals surface area contributed by atoms with Crippen molar-refractivity contribution in [3.8, 4) is 5.75 Å². The van der Waals surface area contributed by atoms with Crippen LogP contribution in [-0.2, 0) is 17.2 Å². The molecular weight excluding hydrogens is 334 g/mol. The zero-order valence-electron chi connectivity index (χ0n) is 16.0. The highest BCUT2D eigenvalue weighted by molar-refractivity contribution is 6.04. The Labute approximate surface area is 153 Å². The number of benzene rings is 1. The number of nitrogens with one attached hydrogen (secondary N) is 2. The molecule has 7 heteroatoms. The first-order chi connectivity index (χ1) is 12.2. The molecule has 2 N–H and O–H groups in total. The molecule has 0 saturated heterocycles. The summed E-state index contributed by atoms with van der Waals surface area (Å²) in [6.45, 7) is 6.10. The number of anilines is 2. The largest absolute Gasteiger partial charge is 0.497 e. The minimum absolute atomic E-state index is 0.204. The van der Waals surface area contributed by atoms with E-state index >= 15 is 0 Å². The number of amides is 2. The van der Waals surface area contributed by atoms with Gasteiger partial charge in [-0.25, -0.2) is 9.59 Å². The fourth-order valence-corrected chi connectivity index (χ4v) is 2.72. The second kappa shape index (κ2) is 7.51. The summed E-state index contributed by atoms with van der Waals surface area (Å²) in [6, 6.07) is 8.29. The van der Waals surface area contributed by atoms with Crippen LogP contribution in [0.4, 0.5) is 16.2 Å². The van der Waals surface area contributed by atoms with Crippen molar-refractivity contribution in [3.63, 3.8) is 0 Å². The topological polar surface area (TPSA) is 81.6 Å². The van der Waals surface area contributed by atoms with Gasteiger partial charge >= 0.3 is 12.0 Å². The van der Waals surface area contributed by atoms with Crippen molar-refractivity contribution in [1.29, 1.82) is 0 Å². The molecule has 0 spiro atoms. The summed E-state index contributed by atoms with van der Waals surface area (Å²) in [5, 5.41) is 5.46. The maximum absolute atomic E-state index is 12.4. The zero-order valence-corrected chi connectivity index (χ0v) is 16.0. The van der Waals surface area contributed by atoms with Crippen LogP contribution in [-0.4, -0.2) is 30.8 Å². The summed E-state index contributed by atoms with van der Waals surface area (Å²) in [5.74, 6) is 0.185. The minimum atomic E-state index is -0.511. The SMILES string of the molecule is COC(=O)c1c(NC(=O)Nc2ccc(OC)cc2)cc(C(C)(C)C)n1C. The third-order valence-corrected chi connectivity index (χ3v) is 3.98. The summed E-state index contributed by atoms with van der Waals surface area (Å²) < 4.78 is 11.7. The van der Waals surface area contributed by atoms with Crippen molar-refractivity contribution in [3.05, 3.63) is 41.7 Å². The standard InChI is InChI=1S/C19H25N3O4/c1-19(2,3)15-11-14(16(22(15)4)17(23)26-6)21-18(24)20-12-7-9-13(25-5)10-8-12/h7-11H,1-6H3,(H2,20,21,24). The summed E-state index contributed by atoms with van der Waals surface area (Å²) in [5.41, 5.74) is 1.99. The van der Waals surface area contributed by atoms with Crippen molar-refractivity contribution in [1.82, 2.24) is 4.57 Å². The highest BCUT2D eigenvalue weighted by atomic mass is 16.5. The van der Waals surface area contributed by atoms with E-state index in [9.17, 15) is 9.59 Å². The van der Waals surface area contributed by atoms with Crippen LogP contribution < -0.4 is 15.4 Å². The van der Waals surface area contributed by atoms with Crippen LogP contribution in [0.3, 0.4) is 0 Å². The van der Waals surface area contributed by atoms with Crippen LogP contribution in [0.25, 0.3) is 0 Å². The summed E-state index contributed by atoms with van der Waals surface area (Å²) >= 11 is 0. The molecule has 0 aliphatic heterocycles. The van der Waals surface area contributed by atoms with Crippen molar-refractivity contribution in [2.24, 2.45) is 7.05 Å². The molecule has 140 valence electrons. The highest BCUT2D eigenvalue weighted by Gasteiger charge is 2.27. The molecule has 1 aromatic heterocycles. The lowest BCUT2D eigenvalue weighted by Crippen LogP contribution is -2.21. The van der Waals surface area contributed by atoms with Crippen molar-refractivity contribution < 1.29 is 19.1 Å². The Morgan fingerprint density at radius 2 is 1.65 bits per heavy atom. The van der Waals surface area contributed by atoms with E-state index in [0.29, 0.717) is 22.8 Å². The fraction of sp³-hybridized carbons (Fsp3) is 0.368. The van der Waals surface area contributed by atoms with Gasteiger partial charge in [0.15, 0.2) is 5.69 Å². The first-order valence-electron chi connectivity index (χ1n) is 8.18. The third-order valence-electron chi connectivity index (χ3n) is 3.98. The fourth-order valence-electron chi connectivity index (χ4n) is 2.72. The molecular formula is C19H25N3O4. The molecule has 0 fully saturated rings. The zero-order chi connectivity index (χ0) is 19.5. The van der Waals surface area contributed by atoms with Crippen LogP contribution >= 0.6 is 0 Å². The molecule has 1 aromatic carbocycles. The second-order valence-electron chi connectivity index (χ2n) is 6.90. The lowest BCUT2D eigenvalue weighted by Gasteiger charge is -2.19. The average Bonchev–Trinajstić information content (AvgIpc) is 2.91. The van der Waals surface area contributed by atoms with Crippen LogP contribution in [0.5, 0.6) is 5.75 Å². The van der Waals surface area contributed by atoms with Gasteiger partial charge in [-0.2, -0.15) is 0 Å². The molecule has 0 bridgehead atoms. The van der Waals surface area contributed by atoms with Gasteiger partial charge in [0.25, 0.3) is 0 Å². The Balaban J connectivity index is 2.26. The van der Waals surface area contributed by atoms with E-state index in [1.54, 1.807) is 49.1 Å². The van der Waals surface area contributed by atoms with E-state index in [0.717, 1.165) is 5.69 Å². The number of hydrogen-bond donors (Lipinski definition) is 2. The number of hydrogen-bond acceptors (Lipinski definition) is 4. The summed E-state index contributed by atoms with van der Waals surface area (Å²) in [7, 11) is 4.67. The van der Waals surface area contributed by atoms with Gasteiger partial charge in [-0.1, -0.05) is 20.8 Å². The van der Waals surface area contributed by atoms with E-state index in [-0.39, 0.29) is 5.41 Å². The molecule has 2 aromatic rings. The second-order valence-corrected chi connectivity index (χ2v) is 6.90. The number of urea groups is 1. The molecule has 2 rings (SSSR count). The quantitative estimate of drug-likeness (QED) is 0.815. The van der Waals surface area contributed by atoms with Gasteiger partial charge in [-0.05, 0) is 30.3 Å². The first-order valence-corrected chi connectivity index (χ1v) is 8.18. The maximum atomic E-state index is 12.4. The summed E-state index contributed by atoms with van der Waals surface area (Å²) in [4.78, 5) is 24.5. The Kier molecular flexibility index (Phi) is 5.59. The van der Waals surface area contributed by atoms with Crippen molar-refractivity contribution in [2.45, 2.75) is 26.2 Å². The third kappa shape index (κ3) is 4.17. The molecule has 0 radical (unpaired) electrons. The number of methoxy groups -OCH3 is 2. The van der Waals surface area contributed by atoms with Gasteiger partial charge in [-0.15, -0.1) is 0 Å². The monoisotopic (exact) mass is 359 g/mol. The van der Waals surface area contributed by atoms with Gasteiger partial charge in [-0.3, -0.25) is 0 Å². The summed E-state index contributed by atoms with van der Waals surface area (Å²) in [6.07, 6.45) is 0. The molecule has 7 nitrogen and oxygen atoms in total. The van der Waals surface area contributed by atoms with Crippen LogP contribution in [0.1, 0.15) is 37.0 Å². The Bertz CT molecular complexity index is 801. The predicted molar refractivity (Wildman–Crippen MR) is 101 cm³/mol.